The number of hydrogen-bond donors (Lipinski definition) is 1. The van der Waals surface area contributed by atoms with Crippen molar-refractivity contribution in [1.82, 2.24) is 5.32 Å². The predicted octanol–water partition coefficient (Wildman–Crippen LogP) is 3.09. The number of nitrogens with one attached hydrogen (secondary N) is 1. The second-order valence-electron chi connectivity index (χ2n) is 6.39. The minimum Gasteiger partial charge on any atom is -0.493 e. The van der Waals surface area contributed by atoms with Crippen LogP contribution in [-0.4, -0.2) is 19.1 Å². The van der Waals surface area contributed by atoms with E-state index in [-0.39, 0.29) is 5.56 Å². The summed E-state index contributed by atoms with van der Waals surface area (Å²) in [5.41, 5.74) is 2.25. The van der Waals surface area contributed by atoms with Gasteiger partial charge in [-0.1, -0.05) is 30.3 Å². The first-order chi connectivity index (χ1) is 12.7. The van der Waals surface area contributed by atoms with Gasteiger partial charge in [0.15, 0.2) is 0 Å². The lowest BCUT2D eigenvalue weighted by Gasteiger charge is -2.17. The second-order valence-corrected chi connectivity index (χ2v) is 6.39. The number of amides is 1. The van der Waals surface area contributed by atoms with E-state index in [0.29, 0.717) is 18.5 Å². The van der Waals surface area contributed by atoms with Crippen molar-refractivity contribution < 1.29 is 13.9 Å². The summed E-state index contributed by atoms with van der Waals surface area (Å²) in [5, 5.41) is 3.53. The molecule has 5 heteroatoms. The molecule has 4 rings (SSSR count). The maximum Gasteiger partial charge on any atom is 0.349 e. The number of ether oxygens (including phenoxy) is 1. The summed E-state index contributed by atoms with van der Waals surface area (Å²) in [6.07, 6.45) is 2.75. The van der Waals surface area contributed by atoms with Crippen molar-refractivity contribution >= 4 is 16.9 Å². The maximum absolute atomic E-state index is 12.3. The number of aryl methyl sites for hydroxylation is 1. The Morgan fingerprint density at radius 3 is 2.92 bits per heavy atom. The van der Waals surface area contributed by atoms with Gasteiger partial charge in [-0.3, -0.25) is 4.79 Å². The first kappa shape index (κ1) is 16.4. The highest BCUT2D eigenvalue weighted by molar-refractivity contribution is 5.96. The summed E-state index contributed by atoms with van der Waals surface area (Å²) in [4.78, 5) is 24.4. The van der Waals surface area contributed by atoms with E-state index in [9.17, 15) is 9.59 Å². The Hall–Kier alpha value is -3.08. The fourth-order valence-corrected chi connectivity index (χ4v) is 3.21. The number of rotatable bonds is 4. The van der Waals surface area contributed by atoms with E-state index in [1.54, 1.807) is 18.2 Å². The van der Waals surface area contributed by atoms with Gasteiger partial charge in [-0.2, -0.15) is 0 Å². The van der Waals surface area contributed by atoms with Crippen LogP contribution in [0.5, 0.6) is 5.75 Å². The van der Waals surface area contributed by atoms with Crippen LogP contribution in [0.1, 0.15) is 27.9 Å². The predicted molar refractivity (Wildman–Crippen MR) is 98.8 cm³/mol. The van der Waals surface area contributed by atoms with Crippen molar-refractivity contribution in [3.8, 4) is 5.75 Å². The average molecular weight is 349 g/mol. The fraction of sp³-hybridized carbons (Fsp3) is 0.238. The molecule has 1 aromatic heterocycles. The van der Waals surface area contributed by atoms with Crippen LogP contribution in [0.2, 0.25) is 0 Å². The third-order valence-electron chi connectivity index (χ3n) is 4.56. The van der Waals surface area contributed by atoms with Crippen molar-refractivity contribution in [3.63, 3.8) is 0 Å². The van der Waals surface area contributed by atoms with Crippen molar-refractivity contribution in [1.29, 1.82) is 0 Å². The Kier molecular flexibility index (Phi) is 4.44. The number of para-hydroxylation sites is 1. The van der Waals surface area contributed by atoms with Crippen LogP contribution in [0.3, 0.4) is 0 Å². The molecule has 1 aliphatic heterocycles. The molecule has 132 valence electrons. The minimum absolute atomic E-state index is 0.0301. The zero-order valence-corrected chi connectivity index (χ0v) is 14.3. The van der Waals surface area contributed by atoms with E-state index < -0.39 is 11.5 Å². The van der Waals surface area contributed by atoms with Gasteiger partial charge in [0, 0.05) is 11.9 Å². The van der Waals surface area contributed by atoms with Gasteiger partial charge in [-0.15, -0.1) is 0 Å². The second kappa shape index (κ2) is 7.04. The highest BCUT2D eigenvalue weighted by Gasteiger charge is 2.14. The molecule has 5 nitrogen and oxygen atoms in total. The van der Waals surface area contributed by atoms with Gasteiger partial charge in [0.25, 0.3) is 5.91 Å². The SMILES string of the molecule is O=C(NCCc1ccc2c(c1)CCCO2)c1cc2ccccc2oc1=O. The van der Waals surface area contributed by atoms with E-state index in [2.05, 4.69) is 11.4 Å². The molecule has 0 aliphatic carbocycles. The molecule has 2 heterocycles. The van der Waals surface area contributed by atoms with E-state index in [1.807, 2.05) is 24.3 Å². The molecule has 2 aromatic carbocycles. The summed E-state index contributed by atoms with van der Waals surface area (Å²) < 4.78 is 10.8. The summed E-state index contributed by atoms with van der Waals surface area (Å²) in [7, 11) is 0. The number of fused-ring (bicyclic) bond motifs is 2. The smallest absolute Gasteiger partial charge is 0.349 e. The maximum atomic E-state index is 12.3. The molecule has 0 fully saturated rings. The van der Waals surface area contributed by atoms with Gasteiger partial charge < -0.3 is 14.5 Å². The molecule has 0 spiro atoms. The van der Waals surface area contributed by atoms with Gasteiger partial charge in [-0.25, -0.2) is 4.79 Å². The quantitative estimate of drug-likeness (QED) is 0.735. The summed E-state index contributed by atoms with van der Waals surface area (Å²) in [5.74, 6) is 0.545. The normalized spacial score (nSPS) is 13.1. The number of hydrogen-bond acceptors (Lipinski definition) is 4. The van der Waals surface area contributed by atoms with E-state index >= 15 is 0 Å². The molecule has 0 saturated carbocycles. The average Bonchev–Trinajstić information content (AvgIpc) is 2.67. The first-order valence-corrected chi connectivity index (χ1v) is 8.76. The number of carbonyl (C=O) groups excluding carboxylic acids is 1. The van der Waals surface area contributed by atoms with Crippen LogP contribution in [0.4, 0.5) is 0 Å². The van der Waals surface area contributed by atoms with Crippen LogP contribution in [0.25, 0.3) is 11.0 Å². The molecule has 1 amide bonds. The van der Waals surface area contributed by atoms with Crippen LogP contribution in [-0.2, 0) is 12.8 Å². The van der Waals surface area contributed by atoms with E-state index in [0.717, 1.165) is 36.1 Å². The molecule has 0 unspecified atom stereocenters. The lowest BCUT2D eigenvalue weighted by atomic mass is 10.0. The highest BCUT2D eigenvalue weighted by atomic mass is 16.5. The largest absolute Gasteiger partial charge is 0.493 e. The Morgan fingerprint density at radius 1 is 1.12 bits per heavy atom. The molecule has 0 radical (unpaired) electrons. The topological polar surface area (TPSA) is 68.5 Å². The molecule has 1 aliphatic rings. The molecule has 0 bridgehead atoms. The fourth-order valence-electron chi connectivity index (χ4n) is 3.21. The van der Waals surface area contributed by atoms with Gasteiger partial charge >= 0.3 is 5.63 Å². The van der Waals surface area contributed by atoms with E-state index in [4.69, 9.17) is 9.15 Å². The van der Waals surface area contributed by atoms with Crippen LogP contribution < -0.4 is 15.7 Å². The van der Waals surface area contributed by atoms with Gasteiger partial charge in [-0.05, 0) is 48.6 Å². The molecule has 3 aromatic rings. The number of benzene rings is 2. The first-order valence-electron chi connectivity index (χ1n) is 8.76. The lowest BCUT2D eigenvalue weighted by Crippen LogP contribution is -2.29. The zero-order valence-electron chi connectivity index (χ0n) is 14.3. The Morgan fingerprint density at radius 2 is 2.00 bits per heavy atom. The van der Waals surface area contributed by atoms with Crippen molar-refractivity contribution in [2.45, 2.75) is 19.3 Å². The lowest BCUT2D eigenvalue weighted by molar-refractivity contribution is 0.0950. The Labute approximate surface area is 150 Å². The number of carbonyl (C=O) groups is 1. The molecule has 0 saturated heterocycles. The standard InChI is InChI=1S/C21H19NO4/c23-20(17-13-16-4-1-2-6-19(16)26-21(17)24)22-10-9-14-7-8-18-15(12-14)5-3-11-25-18/h1-2,4,6-8,12-13H,3,5,9-11H2,(H,22,23). The zero-order chi connectivity index (χ0) is 17.9. The molecular formula is C21H19NO4. The monoisotopic (exact) mass is 349 g/mol. The van der Waals surface area contributed by atoms with E-state index in [1.165, 1.54) is 5.56 Å². The summed E-state index contributed by atoms with van der Waals surface area (Å²) in [6, 6.07) is 14.9. The van der Waals surface area contributed by atoms with Gasteiger partial charge in [0.05, 0.1) is 6.61 Å². The Bertz CT molecular complexity index is 1020. The van der Waals surface area contributed by atoms with Gasteiger partial charge in [0.1, 0.15) is 16.9 Å². The molecule has 26 heavy (non-hydrogen) atoms. The van der Waals surface area contributed by atoms with Crippen molar-refractivity contribution in [3.05, 3.63) is 75.6 Å². The molecular weight excluding hydrogens is 330 g/mol. The van der Waals surface area contributed by atoms with Crippen molar-refractivity contribution in [2.75, 3.05) is 13.2 Å². The van der Waals surface area contributed by atoms with Crippen molar-refractivity contribution in [2.24, 2.45) is 0 Å². The van der Waals surface area contributed by atoms with Crippen LogP contribution in [0, 0.1) is 0 Å². The van der Waals surface area contributed by atoms with Crippen LogP contribution >= 0.6 is 0 Å². The summed E-state index contributed by atoms with van der Waals surface area (Å²) in [6.45, 7) is 1.22. The minimum atomic E-state index is -0.618. The third kappa shape index (κ3) is 3.33. The van der Waals surface area contributed by atoms with Gasteiger partial charge in [0.2, 0.25) is 0 Å². The summed E-state index contributed by atoms with van der Waals surface area (Å²) >= 11 is 0. The molecule has 1 N–H and O–H groups in total. The van der Waals surface area contributed by atoms with Crippen LogP contribution in [0.15, 0.2) is 57.7 Å². The third-order valence-corrected chi connectivity index (χ3v) is 4.56. The molecule has 0 atom stereocenters. The Balaban J connectivity index is 1.43. The highest BCUT2D eigenvalue weighted by Crippen LogP contribution is 2.25.